The lowest BCUT2D eigenvalue weighted by Gasteiger charge is -2.46. The average Bonchev–Trinajstić information content (AvgIpc) is 3.31. The summed E-state index contributed by atoms with van der Waals surface area (Å²) in [7, 11) is 3.40. The molecule has 1 aliphatic carbocycles. The van der Waals surface area contributed by atoms with Gasteiger partial charge in [-0.1, -0.05) is 42.5 Å². The van der Waals surface area contributed by atoms with Crippen molar-refractivity contribution >= 4 is 17.3 Å². The number of hydrogen-bond donors (Lipinski definition) is 2. The summed E-state index contributed by atoms with van der Waals surface area (Å²) in [6, 6.07) is 21.8. The molecule has 2 aliphatic rings. The molecule has 2 N–H and O–H groups in total. The van der Waals surface area contributed by atoms with E-state index in [0.29, 0.717) is 12.1 Å². The Hall–Kier alpha value is -3.16. The molecule has 2 aromatic carbocycles. The maximum atomic E-state index is 5.70. The maximum Gasteiger partial charge on any atom is 0.166 e. The first-order chi connectivity index (χ1) is 18.1. The second kappa shape index (κ2) is 11.5. The Bertz CT molecular complexity index is 1190. The Kier molecular flexibility index (Phi) is 7.91. The van der Waals surface area contributed by atoms with Gasteiger partial charge in [-0.25, -0.2) is 0 Å². The highest BCUT2D eigenvalue weighted by molar-refractivity contribution is 7.80. The Morgan fingerprint density at radius 3 is 2.59 bits per heavy atom. The third-order valence-corrected chi connectivity index (χ3v) is 8.33. The summed E-state index contributed by atoms with van der Waals surface area (Å²) in [5, 5.41) is 7.75. The van der Waals surface area contributed by atoms with Crippen LogP contribution in [0.3, 0.4) is 0 Å². The standard InChI is InChI=1S/C30H36N4O2S/c1-35-26-11-10-24(17-27(26)36-2)30-13-12-25(33-29(37)32-20-22-7-4-3-5-8-22)18-28(30)34(16-14-30)21-23-9-6-15-31-19-23/h3-11,15,17,19,25,28H,12-14,16,18,20-21H2,1-2H3,(H2,32,33,37)/t25-,28+,30-/m0/s1. The minimum absolute atomic E-state index is 0.0685. The molecule has 5 rings (SSSR count). The predicted molar refractivity (Wildman–Crippen MR) is 151 cm³/mol. The summed E-state index contributed by atoms with van der Waals surface area (Å²) < 4.78 is 11.2. The van der Waals surface area contributed by atoms with Crippen LogP contribution in [0.1, 0.15) is 42.4 Å². The van der Waals surface area contributed by atoms with E-state index in [1.54, 1.807) is 14.2 Å². The van der Waals surface area contributed by atoms with Crippen molar-refractivity contribution in [3.63, 3.8) is 0 Å². The number of ether oxygens (including phenoxy) is 2. The van der Waals surface area contributed by atoms with Crippen LogP contribution in [0.4, 0.5) is 0 Å². The summed E-state index contributed by atoms with van der Waals surface area (Å²) in [4.78, 5) is 6.99. The largest absolute Gasteiger partial charge is 0.493 e. The highest BCUT2D eigenvalue weighted by Gasteiger charge is 2.51. The van der Waals surface area contributed by atoms with Gasteiger partial charge in [0, 0.05) is 43.0 Å². The minimum Gasteiger partial charge on any atom is -0.493 e. The van der Waals surface area contributed by atoms with Gasteiger partial charge in [-0.2, -0.15) is 0 Å². The number of benzene rings is 2. The lowest BCUT2D eigenvalue weighted by molar-refractivity contribution is 0.134. The first kappa shape index (κ1) is 25.5. The molecule has 3 aromatic rings. The van der Waals surface area contributed by atoms with Crippen molar-refractivity contribution in [2.45, 2.75) is 56.3 Å². The highest BCUT2D eigenvalue weighted by Crippen LogP contribution is 2.50. The third kappa shape index (κ3) is 5.58. The minimum atomic E-state index is 0.0685. The molecule has 6 nitrogen and oxygen atoms in total. The van der Waals surface area contributed by atoms with Gasteiger partial charge in [-0.15, -0.1) is 0 Å². The van der Waals surface area contributed by atoms with Crippen molar-refractivity contribution in [1.82, 2.24) is 20.5 Å². The Morgan fingerprint density at radius 2 is 1.84 bits per heavy atom. The van der Waals surface area contributed by atoms with Crippen LogP contribution in [0, 0.1) is 0 Å². The Labute approximate surface area is 225 Å². The molecule has 2 fully saturated rings. The number of thiocarbonyl (C=S) groups is 1. The zero-order valence-electron chi connectivity index (χ0n) is 21.7. The van der Waals surface area contributed by atoms with Gasteiger partial charge in [-0.3, -0.25) is 9.88 Å². The zero-order valence-corrected chi connectivity index (χ0v) is 22.5. The lowest BCUT2D eigenvalue weighted by Crippen LogP contribution is -2.53. The van der Waals surface area contributed by atoms with Crippen LogP contribution in [-0.4, -0.2) is 47.8 Å². The third-order valence-electron chi connectivity index (χ3n) is 8.07. The highest BCUT2D eigenvalue weighted by atomic mass is 32.1. The molecule has 7 heteroatoms. The average molecular weight is 517 g/mol. The van der Waals surface area contributed by atoms with E-state index in [4.69, 9.17) is 21.7 Å². The van der Waals surface area contributed by atoms with E-state index in [1.165, 1.54) is 16.7 Å². The maximum absolute atomic E-state index is 5.70. The van der Waals surface area contributed by atoms with Gasteiger partial charge in [0.15, 0.2) is 16.6 Å². The van der Waals surface area contributed by atoms with Gasteiger partial charge >= 0.3 is 0 Å². The van der Waals surface area contributed by atoms with Gasteiger partial charge in [0.05, 0.1) is 14.2 Å². The topological polar surface area (TPSA) is 58.7 Å². The van der Waals surface area contributed by atoms with E-state index in [9.17, 15) is 0 Å². The van der Waals surface area contributed by atoms with Crippen molar-refractivity contribution in [1.29, 1.82) is 0 Å². The van der Waals surface area contributed by atoms with E-state index in [2.05, 4.69) is 69.0 Å². The second-order valence-corrected chi connectivity index (χ2v) is 10.5. The van der Waals surface area contributed by atoms with Gasteiger partial charge < -0.3 is 20.1 Å². The normalized spacial score (nSPS) is 23.2. The van der Waals surface area contributed by atoms with Crippen molar-refractivity contribution in [3.8, 4) is 11.5 Å². The van der Waals surface area contributed by atoms with E-state index in [0.717, 1.165) is 61.9 Å². The van der Waals surface area contributed by atoms with Crippen molar-refractivity contribution < 1.29 is 9.47 Å². The fourth-order valence-electron chi connectivity index (χ4n) is 6.19. The van der Waals surface area contributed by atoms with Crippen LogP contribution in [0.25, 0.3) is 0 Å². The SMILES string of the molecule is COc1ccc([C@@]23CC[C@H](NC(=S)NCc4ccccc4)C[C@H]2N(Cc2cccnc2)CC3)cc1OC. The van der Waals surface area contributed by atoms with Gasteiger partial charge in [-0.05, 0) is 79.3 Å². The van der Waals surface area contributed by atoms with Crippen LogP contribution in [0.5, 0.6) is 11.5 Å². The summed E-state index contributed by atoms with van der Waals surface area (Å²) in [5.74, 6) is 1.57. The number of rotatable bonds is 8. The molecule has 0 spiro atoms. The lowest BCUT2D eigenvalue weighted by atomic mass is 9.65. The molecule has 0 unspecified atom stereocenters. The van der Waals surface area contributed by atoms with Crippen molar-refractivity contribution in [2.75, 3.05) is 20.8 Å². The van der Waals surface area contributed by atoms with Crippen LogP contribution in [0.15, 0.2) is 73.1 Å². The molecule has 0 bridgehead atoms. The van der Waals surface area contributed by atoms with Gasteiger partial charge in [0.2, 0.25) is 0 Å². The number of hydrogen-bond acceptors (Lipinski definition) is 5. The predicted octanol–water partition coefficient (Wildman–Crippen LogP) is 4.83. The van der Waals surface area contributed by atoms with Gasteiger partial charge in [0.25, 0.3) is 0 Å². The van der Waals surface area contributed by atoms with E-state index < -0.39 is 0 Å². The molecular formula is C30H36N4O2S. The number of methoxy groups -OCH3 is 2. The summed E-state index contributed by atoms with van der Waals surface area (Å²) in [6.07, 6.45) is 8.13. The molecule has 1 saturated heterocycles. The zero-order chi connectivity index (χ0) is 25.7. The smallest absolute Gasteiger partial charge is 0.166 e. The quantitative estimate of drug-likeness (QED) is 0.416. The number of fused-ring (bicyclic) bond motifs is 1. The Morgan fingerprint density at radius 1 is 1.03 bits per heavy atom. The molecular weight excluding hydrogens is 480 g/mol. The second-order valence-electron chi connectivity index (χ2n) is 10.1. The summed E-state index contributed by atoms with van der Waals surface area (Å²) in [5.41, 5.74) is 3.88. The fourth-order valence-corrected chi connectivity index (χ4v) is 6.43. The molecule has 1 aliphatic heterocycles. The monoisotopic (exact) mass is 516 g/mol. The number of aromatic nitrogens is 1. The summed E-state index contributed by atoms with van der Waals surface area (Å²) >= 11 is 5.70. The molecule has 1 aromatic heterocycles. The molecule has 194 valence electrons. The molecule has 37 heavy (non-hydrogen) atoms. The van der Waals surface area contributed by atoms with Crippen molar-refractivity contribution in [2.24, 2.45) is 0 Å². The fraction of sp³-hybridized carbons (Fsp3) is 0.400. The molecule has 0 radical (unpaired) electrons. The van der Waals surface area contributed by atoms with E-state index >= 15 is 0 Å². The number of likely N-dealkylation sites (tertiary alicyclic amines) is 1. The first-order valence-electron chi connectivity index (χ1n) is 13.0. The van der Waals surface area contributed by atoms with Crippen molar-refractivity contribution in [3.05, 3.63) is 89.7 Å². The summed E-state index contributed by atoms with van der Waals surface area (Å²) in [6.45, 7) is 2.68. The number of nitrogens with one attached hydrogen (secondary N) is 2. The molecule has 2 heterocycles. The molecule has 0 amide bonds. The van der Waals surface area contributed by atoms with Crippen LogP contribution in [-0.2, 0) is 18.5 Å². The van der Waals surface area contributed by atoms with Crippen LogP contribution in [0.2, 0.25) is 0 Å². The van der Waals surface area contributed by atoms with E-state index in [-0.39, 0.29) is 5.41 Å². The first-order valence-corrected chi connectivity index (χ1v) is 13.5. The van der Waals surface area contributed by atoms with E-state index in [1.807, 2.05) is 24.5 Å². The molecule has 3 atom stereocenters. The Balaban J connectivity index is 1.35. The van der Waals surface area contributed by atoms with Crippen LogP contribution < -0.4 is 20.1 Å². The number of pyridine rings is 1. The molecule has 1 saturated carbocycles. The number of nitrogens with zero attached hydrogens (tertiary/aromatic N) is 2. The van der Waals surface area contributed by atoms with Crippen LogP contribution >= 0.6 is 12.2 Å². The van der Waals surface area contributed by atoms with Gasteiger partial charge in [0.1, 0.15) is 0 Å².